The van der Waals surface area contributed by atoms with Gasteiger partial charge >= 0.3 is 6.16 Å². The van der Waals surface area contributed by atoms with Gasteiger partial charge in [0.05, 0.1) is 29.7 Å². The Balaban J connectivity index is 2.06. The van der Waals surface area contributed by atoms with Crippen LogP contribution in [0.2, 0.25) is 0 Å². The van der Waals surface area contributed by atoms with E-state index in [1.807, 2.05) is 0 Å². The van der Waals surface area contributed by atoms with Crippen LogP contribution in [0.4, 0.5) is 23.7 Å². The molecule has 162 valence electrons. The number of halogens is 3. The van der Waals surface area contributed by atoms with E-state index in [2.05, 4.69) is 4.74 Å². The van der Waals surface area contributed by atoms with Crippen molar-refractivity contribution in [1.29, 1.82) is 0 Å². The number of anilines is 1. The lowest BCUT2D eigenvalue weighted by Crippen LogP contribution is -2.33. The van der Waals surface area contributed by atoms with E-state index in [1.54, 1.807) is 0 Å². The third-order valence-electron chi connectivity index (χ3n) is 5.30. The molecule has 0 unspecified atom stereocenters. The minimum absolute atomic E-state index is 0.193. The molecule has 1 aliphatic rings. The van der Waals surface area contributed by atoms with Gasteiger partial charge in [0.1, 0.15) is 17.3 Å². The second kappa shape index (κ2) is 7.95. The summed E-state index contributed by atoms with van der Waals surface area (Å²) in [4.78, 5) is 25.1. The molecule has 0 aliphatic carbocycles. The fraction of sp³-hybridized carbons (Fsp3) is 0.238. The van der Waals surface area contributed by atoms with Crippen molar-refractivity contribution in [3.05, 3.63) is 64.2 Å². The summed E-state index contributed by atoms with van der Waals surface area (Å²) in [5.41, 5.74) is -1.54. The van der Waals surface area contributed by atoms with Crippen molar-refractivity contribution in [2.75, 3.05) is 18.1 Å². The number of benzene rings is 2. The Morgan fingerprint density at radius 3 is 2.55 bits per heavy atom. The van der Waals surface area contributed by atoms with Crippen LogP contribution in [0.5, 0.6) is 5.75 Å². The minimum Gasteiger partial charge on any atom is -0.449 e. The van der Waals surface area contributed by atoms with E-state index in [4.69, 9.17) is 5.11 Å². The van der Waals surface area contributed by atoms with Gasteiger partial charge in [-0.05, 0) is 43.2 Å². The van der Waals surface area contributed by atoms with E-state index < -0.39 is 51.9 Å². The van der Waals surface area contributed by atoms with Crippen molar-refractivity contribution in [1.82, 2.24) is 4.57 Å². The maximum Gasteiger partial charge on any atom is 0.511 e. The van der Waals surface area contributed by atoms with Crippen molar-refractivity contribution in [3.63, 3.8) is 0 Å². The fourth-order valence-corrected chi connectivity index (χ4v) is 3.94. The molecule has 2 heterocycles. The molecule has 3 aromatic rings. The van der Waals surface area contributed by atoms with Crippen LogP contribution in [0.15, 0.2) is 41.3 Å². The zero-order chi connectivity index (χ0) is 22.3. The number of rotatable bonds is 4. The summed E-state index contributed by atoms with van der Waals surface area (Å²) in [6.07, 6.45) is 0.356. The Hall–Kier alpha value is -3.53. The van der Waals surface area contributed by atoms with Gasteiger partial charge in [0.25, 0.3) is 0 Å². The molecular weight excluding hydrogens is 417 g/mol. The second-order valence-corrected chi connectivity index (χ2v) is 7.13. The van der Waals surface area contributed by atoms with Crippen LogP contribution in [0.25, 0.3) is 16.6 Å². The van der Waals surface area contributed by atoms with E-state index in [0.717, 1.165) is 29.0 Å². The number of aromatic nitrogens is 1. The molecule has 4 rings (SSSR count). The number of aliphatic hydroxyl groups is 1. The number of carbonyl (C=O) groups is 1. The monoisotopic (exact) mass is 434 g/mol. The van der Waals surface area contributed by atoms with Gasteiger partial charge in [0, 0.05) is 12.2 Å². The molecule has 31 heavy (non-hydrogen) atoms. The van der Waals surface area contributed by atoms with Crippen molar-refractivity contribution in [3.8, 4) is 11.4 Å². The zero-order valence-corrected chi connectivity index (χ0v) is 16.0. The van der Waals surface area contributed by atoms with Crippen LogP contribution in [-0.4, -0.2) is 40.1 Å². The molecule has 2 N–H and O–H groups in total. The molecule has 0 saturated carbocycles. The number of hydrogen-bond acceptors (Lipinski definition) is 5. The van der Waals surface area contributed by atoms with Gasteiger partial charge in [-0.3, -0.25) is 4.79 Å². The molecule has 7 nitrogen and oxygen atoms in total. The van der Waals surface area contributed by atoms with Crippen molar-refractivity contribution < 1.29 is 32.9 Å². The summed E-state index contributed by atoms with van der Waals surface area (Å²) in [5, 5.41) is 18.0. The number of hydrogen-bond donors (Lipinski definition) is 2. The largest absolute Gasteiger partial charge is 0.511 e. The Labute approximate surface area is 173 Å². The summed E-state index contributed by atoms with van der Waals surface area (Å²) < 4.78 is 49.7. The lowest BCUT2D eigenvalue weighted by molar-refractivity contribution is 0.144. The topological polar surface area (TPSA) is 92.0 Å². The van der Waals surface area contributed by atoms with E-state index in [0.29, 0.717) is 19.4 Å². The number of carboxylic acid groups (broad SMARTS) is 1. The molecule has 1 saturated heterocycles. The van der Waals surface area contributed by atoms with Crippen molar-refractivity contribution >= 4 is 22.7 Å². The lowest BCUT2D eigenvalue weighted by atomic mass is 10.1. The van der Waals surface area contributed by atoms with Crippen LogP contribution >= 0.6 is 0 Å². The molecule has 2 aromatic carbocycles. The number of ether oxygens (including phenoxy) is 1. The van der Waals surface area contributed by atoms with Gasteiger partial charge in [-0.2, -0.15) is 0 Å². The fourth-order valence-electron chi connectivity index (χ4n) is 3.94. The quantitative estimate of drug-likeness (QED) is 0.612. The molecule has 1 aromatic heterocycles. The first-order valence-corrected chi connectivity index (χ1v) is 9.43. The smallest absolute Gasteiger partial charge is 0.449 e. The normalized spacial score (nSPS) is 16.1. The average molecular weight is 434 g/mol. The molecule has 1 atom stereocenters. The maximum atomic E-state index is 15.7. The van der Waals surface area contributed by atoms with Gasteiger partial charge < -0.3 is 24.4 Å². The number of fused-ring (bicyclic) bond motifs is 1. The third kappa shape index (κ3) is 3.59. The highest BCUT2D eigenvalue weighted by Gasteiger charge is 2.31. The van der Waals surface area contributed by atoms with Crippen LogP contribution in [-0.2, 0) is 0 Å². The predicted octanol–water partition coefficient (Wildman–Crippen LogP) is 3.43. The SMILES string of the molecule is O=C(O)Oc1cn(-c2ccc(F)cc2)c2c(F)c(N3CCC[C@H]3CO)c(F)cc2c1=O. The first-order chi connectivity index (χ1) is 14.8. The maximum absolute atomic E-state index is 15.7. The molecule has 0 radical (unpaired) electrons. The lowest BCUT2D eigenvalue weighted by Gasteiger charge is -2.27. The minimum atomic E-state index is -1.78. The molecule has 0 spiro atoms. The van der Waals surface area contributed by atoms with Crippen molar-refractivity contribution in [2.45, 2.75) is 18.9 Å². The van der Waals surface area contributed by atoms with Gasteiger partial charge in [-0.1, -0.05) is 0 Å². The zero-order valence-electron chi connectivity index (χ0n) is 16.0. The van der Waals surface area contributed by atoms with E-state index in [-0.39, 0.29) is 17.8 Å². The first-order valence-electron chi connectivity index (χ1n) is 9.43. The summed E-state index contributed by atoms with van der Waals surface area (Å²) in [6, 6.07) is 5.11. The highest BCUT2D eigenvalue weighted by Crippen LogP contribution is 2.35. The third-order valence-corrected chi connectivity index (χ3v) is 5.30. The Morgan fingerprint density at radius 1 is 1.19 bits per heavy atom. The Kier molecular flexibility index (Phi) is 5.32. The standard InChI is InChI=1S/C21H17F3N2O5/c22-11-3-5-12(6-4-11)26-9-16(31-21(29)30)20(28)14-8-15(23)19(17(24)18(14)26)25-7-1-2-13(25)10-27/h3-6,8-9,13,27H,1-2,7,10H2,(H,29,30)/t13-/m0/s1. The first kappa shape index (κ1) is 20.7. The summed E-state index contributed by atoms with van der Waals surface area (Å²) >= 11 is 0. The van der Waals surface area contributed by atoms with Crippen molar-refractivity contribution in [2.24, 2.45) is 0 Å². The predicted molar refractivity (Wildman–Crippen MR) is 106 cm³/mol. The molecule has 1 fully saturated rings. The average Bonchev–Trinajstić information content (AvgIpc) is 3.19. The number of aliphatic hydroxyl groups excluding tert-OH is 1. The Bertz CT molecular complexity index is 1230. The van der Waals surface area contributed by atoms with Gasteiger partial charge in [0.2, 0.25) is 5.43 Å². The van der Waals surface area contributed by atoms with Gasteiger partial charge in [0.15, 0.2) is 11.6 Å². The van der Waals surface area contributed by atoms with Crippen LogP contribution in [0, 0.1) is 17.5 Å². The van der Waals surface area contributed by atoms with Crippen LogP contribution < -0.4 is 15.1 Å². The highest BCUT2D eigenvalue weighted by atomic mass is 19.1. The summed E-state index contributed by atoms with van der Waals surface area (Å²) in [6.45, 7) is 0.0125. The van der Waals surface area contributed by atoms with Crippen LogP contribution in [0.3, 0.4) is 0 Å². The van der Waals surface area contributed by atoms with E-state index in [9.17, 15) is 23.5 Å². The molecule has 0 amide bonds. The molecule has 1 aliphatic heterocycles. The molecule has 10 heteroatoms. The Morgan fingerprint density at radius 2 is 1.90 bits per heavy atom. The van der Waals surface area contributed by atoms with Crippen LogP contribution in [0.1, 0.15) is 12.8 Å². The number of pyridine rings is 1. The molecular formula is C21H17F3N2O5. The second-order valence-electron chi connectivity index (χ2n) is 7.13. The number of nitrogens with zero attached hydrogens (tertiary/aromatic N) is 2. The highest BCUT2D eigenvalue weighted by molar-refractivity contribution is 5.87. The van der Waals surface area contributed by atoms with Gasteiger partial charge in [-0.15, -0.1) is 0 Å². The summed E-state index contributed by atoms with van der Waals surface area (Å²) in [7, 11) is 0. The van der Waals surface area contributed by atoms with E-state index in [1.165, 1.54) is 17.0 Å². The molecule has 0 bridgehead atoms. The van der Waals surface area contributed by atoms with E-state index >= 15 is 4.39 Å². The summed E-state index contributed by atoms with van der Waals surface area (Å²) in [5.74, 6) is -3.31. The van der Waals surface area contributed by atoms with Gasteiger partial charge in [-0.25, -0.2) is 18.0 Å².